The Hall–Kier alpha value is -0.650. The third-order valence-electron chi connectivity index (χ3n) is 1.47. The largest absolute Gasteiger partial charge is 0.326 e. The molecule has 0 N–H and O–H groups in total. The molecule has 13 heavy (non-hydrogen) atoms. The monoisotopic (exact) mass is 232 g/mol. The highest BCUT2D eigenvalue weighted by Gasteiger charge is 2.04. The van der Waals surface area contributed by atoms with Crippen molar-refractivity contribution in [3.05, 3.63) is 36.5 Å². The van der Waals surface area contributed by atoms with Crippen molar-refractivity contribution in [1.29, 1.82) is 0 Å². The Kier molecular flexibility index (Phi) is 2.48. The number of thiophene rings is 1. The second-order valence-corrected chi connectivity index (χ2v) is 4.91. The average Bonchev–Trinajstić information content (AvgIpc) is 2.63. The van der Waals surface area contributed by atoms with Crippen LogP contribution >= 0.6 is 34.3 Å². The molecule has 0 atom stereocenters. The fourth-order valence-electron chi connectivity index (χ4n) is 0.931. The van der Waals surface area contributed by atoms with Crippen LogP contribution in [0.4, 0.5) is 0 Å². The number of hydrogen-bond donors (Lipinski definition) is 0. The van der Waals surface area contributed by atoms with E-state index in [2.05, 4.69) is 5.10 Å². The van der Waals surface area contributed by atoms with Gasteiger partial charge in [0.2, 0.25) is 4.47 Å². The molecule has 0 aliphatic rings. The van der Waals surface area contributed by atoms with Crippen LogP contribution in [0.1, 0.15) is 4.88 Å². The van der Waals surface area contributed by atoms with E-state index in [0.717, 1.165) is 16.2 Å². The van der Waals surface area contributed by atoms with Gasteiger partial charge in [-0.25, -0.2) is 4.68 Å². The van der Waals surface area contributed by atoms with E-state index in [1.165, 1.54) is 4.68 Å². The minimum absolute atomic E-state index is 0.113. The van der Waals surface area contributed by atoms with Crippen LogP contribution < -0.4 is 4.87 Å². The molecule has 0 fully saturated rings. The lowest BCUT2D eigenvalue weighted by atomic mass is 10.5. The smallest absolute Gasteiger partial charge is 0.255 e. The molecule has 3 nitrogen and oxygen atoms in total. The molecular formula is C7H5ClN2OS2. The molecule has 0 radical (unpaired) electrons. The zero-order chi connectivity index (χ0) is 9.26. The van der Waals surface area contributed by atoms with E-state index in [-0.39, 0.29) is 4.87 Å². The molecule has 2 heterocycles. The van der Waals surface area contributed by atoms with E-state index < -0.39 is 0 Å². The summed E-state index contributed by atoms with van der Waals surface area (Å²) in [6, 6.07) is 3.91. The van der Waals surface area contributed by atoms with Gasteiger partial charge in [-0.3, -0.25) is 4.79 Å². The molecule has 2 aromatic rings. The Bertz CT molecular complexity index is 445. The summed E-state index contributed by atoms with van der Waals surface area (Å²) in [5.41, 5.74) is 0. The van der Waals surface area contributed by atoms with Crippen molar-refractivity contribution in [2.24, 2.45) is 0 Å². The maximum Gasteiger partial charge on any atom is 0.326 e. The molecule has 0 bridgehead atoms. The van der Waals surface area contributed by atoms with Gasteiger partial charge in [0.1, 0.15) is 0 Å². The Morgan fingerprint density at radius 3 is 3.00 bits per heavy atom. The highest BCUT2D eigenvalue weighted by molar-refractivity contribution is 7.13. The van der Waals surface area contributed by atoms with Crippen molar-refractivity contribution in [3.63, 3.8) is 0 Å². The molecule has 0 aromatic carbocycles. The Labute approximate surface area is 87.2 Å². The number of rotatable bonds is 2. The van der Waals surface area contributed by atoms with Crippen LogP contribution in [0.2, 0.25) is 4.47 Å². The lowest BCUT2D eigenvalue weighted by Crippen LogP contribution is -2.14. The Balaban J connectivity index is 2.28. The summed E-state index contributed by atoms with van der Waals surface area (Å²) in [4.78, 5) is 12.2. The average molecular weight is 233 g/mol. The molecule has 0 saturated heterocycles. The molecule has 0 saturated carbocycles. The summed E-state index contributed by atoms with van der Waals surface area (Å²) in [6.07, 6.45) is 0. The van der Waals surface area contributed by atoms with Gasteiger partial charge in [-0.15, -0.1) is 16.4 Å². The highest BCUT2D eigenvalue weighted by Crippen LogP contribution is 2.11. The number of hydrogen-bond acceptors (Lipinski definition) is 4. The predicted molar refractivity (Wildman–Crippen MR) is 54.8 cm³/mol. The van der Waals surface area contributed by atoms with E-state index in [0.29, 0.717) is 11.0 Å². The van der Waals surface area contributed by atoms with Crippen molar-refractivity contribution in [2.45, 2.75) is 6.54 Å². The van der Waals surface area contributed by atoms with Crippen LogP contribution in [0.3, 0.4) is 0 Å². The predicted octanol–water partition coefficient (Wildman–Crippen LogP) is 2.07. The minimum atomic E-state index is -0.113. The summed E-state index contributed by atoms with van der Waals surface area (Å²) in [5.74, 6) is 0. The zero-order valence-electron chi connectivity index (χ0n) is 6.44. The van der Waals surface area contributed by atoms with Crippen molar-refractivity contribution in [2.75, 3.05) is 0 Å². The highest BCUT2D eigenvalue weighted by atomic mass is 35.5. The van der Waals surface area contributed by atoms with E-state index in [9.17, 15) is 4.79 Å². The molecule has 68 valence electrons. The first kappa shape index (κ1) is 8.93. The number of halogens is 1. The van der Waals surface area contributed by atoms with Crippen LogP contribution in [0.25, 0.3) is 0 Å². The van der Waals surface area contributed by atoms with Crippen LogP contribution in [-0.4, -0.2) is 9.78 Å². The fraction of sp³-hybridized carbons (Fsp3) is 0.143. The van der Waals surface area contributed by atoms with Gasteiger partial charge in [0.15, 0.2) is 0 Å². The summed E-state index contributed by atoms with van der Waals surface area (Å²) in [5, 5.41) is 5.85. The van der Waals surface area contributed by atoms with E-state index in [1.54, 1.807) is 11.3 Å². The van der Waals surface area contributed by atoms with E-state index in [4.69, 9.17) is 11.6 Å². The van der Waals surface area contributed by atoms with Crippen LogP contribution in [0, 0.1) is 0 Å². The molecule has 2 rings (SSSR count). The lowest BCUT2D eigenvalue weighted by Gasteiger charge is -1.93. The van der Waals surface area contributed by atoms with Crippen molar-refractivity contribution < 1.29 is 0 Å². The van der Waals surface area contributed by atoms with Crippen LogP contribution in [0.15, 0.2) is 22.3 Å². The van der Waals surface area contributed by atoms with Gasteiger partial charge in [0, 0.05) is 4.88 Å². The summed E-state index contributed by atoms with van der Waals surface area (Å²) in [6.45, 7) is 0.514. The third kappa shape index (κ3) is 1.99. The van der Waals surface area contributed by atoms with Gasteiger partial charge >= 0.3 is 4.87 Å². The number of aromatic nitrogens is 2. The van der Waals surface area contributed by atoms with Gasteiger partial charge in [-0.05, 0) is 34.4 Å². The first-order valence-corrected chi connectivity index (χ1v) is 5.59. The molecule has 0 aliphatic carbocycles. The molecule has 0 amide bonds. The summed E-state index contributed by atoms with van der Waals surface area (Å²) < 4.78 is 1.67. The second-order valence-electron chi connectivity index (χ2n) is 2.36. The third-order valence-corrected chi connectivity index (χ3v) is 3.27. The van der Waals surface area contributed by atoms with Crippen molar-refractivity contribution in [3.8, 4) is 0 Å². The quantitative estimate of drug-likeness (QED) is 0.795. The minimum Gasteiger partial charge on any atom is -0.255 e. The zero-order valence-corrected chi connectivity index (χ0v) is 8.83. The summed E-state index contributed by atoms with van der Waals surface area (Å²) in [7, 11) is 0. The molecular weight excluding hydrogens is 228 g/mol. The van der Waals surface area contributed by atoms with Gasteiger partial charge in [-0.1, -0.05) is 6.07 Å². The van der Waals surface area contributed by atoms with Crippen molar-refractivity contribution >= 4 is 34.3 Å². The maximum absolute atomic E-state index is 11.2. The van der Waals surface area contributed by atoms with Gasteiger partial charge in [0.25, 0.3) is 0 Å². The van der Waals surface area contributed by atoms with Gasteiger partial charge in [0.05, 0.1) is 6.54 Å². The first-order valence-electron chi connectivity index (χ1n) is 3.51. The van der Waals surface area contributed by atoms with Crippen molar-refractivity contribution in [1.82, 2.24) is 9.78 Å². The van der Waals surface area contributed by atoms with E-state index >= 15 is 0 Å². The molecule has 0 unspecified atom stereocenters. The first-order chi connectivity index (χ1) is 6.25. The maximum atomic E-state index is 11.2. The topological polar surface area (TPSA) is 34.9 Å². The molecule has 0 spiro atoms. The fourth-order valence-corrected chi connectivity index (χ4v) is 2.40. The van der Waals surface area contributed by atoms with Gasteiger partial charge < -0.3 is 0 Å². The standard InChI is InChI=1S/C7H5ClN2OS2/c8-6-9-10(7(11)13-6)4-5-2-1-3-12-5/h1-3H,4H2. The Morgan fingerprint density at radius 2 is 2.46 bits per heavy atom. The van der Waals surface area contributed by atoms with E-state index in [1.807, 2.05) is 17.5 Å². The van der Waals surface area contributed by atoms with Crippen LogP contribution in [0.5, 0.6) is 0 Å². The summed E-state index contributed by atoms with van der Waals surface area (Å²) >= 11 is 8.15. The van der Waals surface area contributed by atoms with Crippen LogP contribution in [-0.2, 0) is 6.54 Å². The molecule has 2 aromatic heterocycles. The SMILES string of the molecule is O=c1sc(Cl)nn1Cc1cccs1. The Morgan fingerprint density at radius 1 is 1.62 bits per heavy atom. The number of nitrogens with zero attached hydrogens (tertiary/aromatic N) is 2. The normalized spacial score (nSPS) is 10.5. The molecule has 6 heteroatoms. The van der Waals surface area contributed by atoms with Gasteiger partial charge in [-0.2, -0.15) is 0 Å². The second kappa shape index (κ2) is 3.61. The lowest BCUT2D eigenvalue weighted by molar-refractivity contribution is 0.674. The molecule has 0 aliphatic heterocycles.